The molecule has 1 atom stereocenters. The van der Waals surface area contributed by atoms with E-state index in [9.17, 15) is 0 Å². The third-order valence-electron chi connectivity index (χ3n) is 4.00. The first-order chi connectivity index (χ1) is 11.4. The van der Waals surface area contributed by atoms with Gasteiger partial charge in [-0.05, 0) is 28.8 Å². The zero-order valence-electron chi connectivity index (χ0n) is 12.8. The second-order valence-electron chi connectivity index (χ2n) is 5.71. The second kappa shape index (κ2) is 6.27. The third-order valence-corrected chi connectivity index (χ3v) is 4.00. The van der Waals surface area contributed by atoms with Crippen molar-refractivity contribution >= 4 is 0 Å². The van der Waals surface area contributed by atoms with Crippen LogP contribution in [0.1, 0.15) is 0 Å². The molecule has 1 saturated heterocycles. The number of rotatable bonds is 5. The minimum absolute atomic E-state index is 0.257. The summed E-state index contributed by atoms with van der Waals surface area (Å²) in [6, 6.07) is 27.2. The summed E-state index contributed by atoms with van der Waals surface area (Å²) < 4.78 is 11.2. The normalized spacial score (nSPS) is 16.1. The smallest absolute Gasteiger partial charge is 0.127 e. The molecule has 0 spiro atoms. The lowest BCUT2D eigenvalue weighted by Crippen LogP contribution is -2.05. The number of ether oxygens (including phenoxy) is 2. The van der Waals surface area contributed by atoms with E-state index < -0.39 is 0 Å². The Labute approximate surface area is 136 Å². The maximum Gasteiger partial charge on any atom is 0.127 e. The van der Waals surface area contributed by atoms with Gasteiger partial charge >= 0.3 is 0 Å². The van der Waals surface area contributed by atoms with Crippen LogP contribution < -0.4 is 4.74 Å². The molecule has 0 aliphatic carbocycles. The number of hydrogen-bond donors (Lipinski definition) is 0. The van der Waals surface area contributed by atoms with Crippen LogP contribution >= 0.6 is 0 Å². The van der Waals surface area contributed by atoms with Gasteiger partial charge in [0, 0.05) is 5.56 Å². The average Bonchev–Trinajstić information content (AvgIpc) is 3.46. The molecule has 3 aromatic carbocycles. The van der Waals surface area contributed by atoms with E-state index in [1.165, 1.54) is 11.1 Å². The molecule has 0 saturated carbocycles. The Hall–Kier alpha value is -2.58. The molecule has 3 aromatic rings. The van der Waals surface area contributed by atoms with Crippen molar-refractivity contribution in [3.8, 4) is 28.0 Å². The molecule has 0 radical (unpaired) electrons. The van der Waals surface area contributed by atoms with Crippen molar-refractivity contribution in [3.05, 3.63) is 78.9 Å². The van der Waals surface area contributed by atoms with Crippen LogP contribution in [0.2, 0.25) is 0 Å². The van der Waals surface area contributed by atoms with Gasteiger partial charge in [-0.25, -0.2) is 0 Å². The average molecular weight is 302 g/mol. The summed E-state index contributed by atoms with van der Waals surface area (Å²) in [5, 5.41) is 0. The minimum atomic E-state index is 0.257. The Morgan fingerprint density at radius 3 is 2.09 bits per heavy atom. The molecule has 0 amide bonds. The molecule has 0 bridgehead atoms. The number of hydrogen-bond acceptors (Lipinski definition) is 2. The van der Waals surface area contributed by atoms with Crippen LogP contribution in [0, 0.1) is 0 Å². The molecule has 1 fully saturated rings. The van der Waals surface area contributed by atoms with Gasteiger partial charge in [-0.15, -0.1) is 0 Å². The highest BCUT2D eigenvalue weighted by Crippen LogP contribution is 2.34. The van der Waals surface area contributed by atoms with Crippen molar-refractivity contribution in [2.24, 2.45) is 0 Å². The van der Waals surface area contributed by atoms with E-state index in [0.29, 0.717) is 6.61 Å². The van der Waals surface area contributed by atoms with Crippen LogP contribution in [0.3, 0.4) is 0 Å². The zero-order chi connectivity index (χ0) is 15.5. The maximum absolute atomic E-state index is 5.98. The quantitative estimate of drug-likeness (QED) is 0.632. The summed E-state index contributed by atoms with van der Waals surface area (Å²) >= 11 is 0. The number of epoxide rings is 1. The van der Waals surface area contributed by atoms with Crippen LogP contribution in [0.25, 0.3) is 22.3 Å². The van der Waals surface area contributed by atoms with Crippen LogP contribution in [-0.4, -0.2) is 19.3 Å². The molecule has 2 nitrogen and oxygen atoms in total. The predicted molar refractivity (Wildman–Crippen MR) is 92.5 cm³/mol. The molecule has 1 unspecified atom stereocenters. The summed E-state index contributed by atoms with van der Waals surface area (Å²) in [7, 11) is 0. The topological polar surface area (TPSA) is 21.8 Å². The van der Waals surface area contributed by atoms with E-state index in [1.807, 2.05) is 12.1 Å². The zero-order valence-corrected chi connectivity index (χ0v) is 12.8. The summed E-state index contributed by atoms with van der Waals surface area (Å²) in [6.45, 7) is 1.42. The third kappa shape index (κ3) is 3.27. The van der Waals surface area contributed by atoms with E-state index in [2.05, 4.69) is 66.7 Å². The Morgan fingerprint density at radius 1 is 0.783 bits per heavy atom. The highest BCUT2D eigenvalue weighted by Gasteiger charge is 2.23. The van der Waals surface area contributed by atoms with Crippen molar-refractivity contribution in [1.29, 1.82) is 0 Å². The summed E-state index contributed by atoms with van der Waals surface area (Å²) in [4.78, 5) is 0. The summed E-state index contributed by atoms with van der Waals surface area (Å²) in [5.41, 5.74) is 4.69. The van der Waals surface area contributed by atoms with Gasteiger partial charge in [0.2, 0.25) is 0 Å². The molecule has 23 heavy (non-hydrogen) atoms. The Balaban J connectivity index is 1.74. The monoisotopic (exact) mass is 302 g/mol. The lowest BCUT2D eigenvalue weighted by molar-refractivity contribution is 0.264. The van der Waals surface area contributed by atoms with E-state index in [4.69, 9.17) is 9.47 Å². The van der Waals surface area contributed by atoms with Gasteiger partial charge in [0.1, 0.15) is 18.5 Å². The van der Waals surface area contributed by atoms with Gasteiger partial charge in [0.15, 0.2) is 0 Å². The fraction of sp³-hybridized carbons (Fsp3) is 0.143. The lowest BCUT2D eigenvalue weighted by atomic mass is 9.98. The fourth-order valence-corrected chi connectivity index (χ4v) is 2.66. The largest absolute Gasteiger partial charge is 0.490 e. The van der Waals surface area contributed by atoms with Gasteiger partial charge in [0.05, 0.1) is 6.61 Å². The molecule has 1 aliphatic rings. The van der Waals surface area contributed by atoms with Gasteiger partial charge in [-0.2, -0.15) is 0 Å². The van der Waals surface area contributed by atoms with Crippen LogP contribution in [-0.2, 0) is 4.74 Å². The van der Waals surface area contributed by atoms with Gasteiger partial charge in [-0.1, -0.05) is 66.7 Å². The Morgan fingerprint density at radius 2 is 1.43 bits per heavy atom. The summed E-state index contributed by atoms with van der Waals surface area (Å²) in [6.07, 6.45) is 0.257. The van der Waals surface area contributed by atoms with Crippen LogP contribution in [0.5, 0.6) is 5.75 Å². The predicted octanol–water partition coefficient (Wildman–Crippen LogP) is 4.80. The molecule has 114 valence electrons. The first-order valence-electron chi connectivity index (χ1n) is 7.89. The van der Waals surface area contributed by atoms with E-state index >= 15 is 0 Å². The highest BCUT2D eigenvalue weighted by atomic mass is 16.6. The Bertz CT molecular complexity index is 777. The minimum Gasteiger partial charge on any atom is -0.490 e. The SMILES string of the molecule is c1ccc(-c2ccc(OCC3CO3)c(-c3ccccc3)c2)cc1. The molecule has 0 N–H and O–H groups in total. The molecule has 1 aliphatic heterocycles. The standard InChI is InChI=1S/C21H18O2/c1-3-7-16(8-4-1)18-11-12-21(23-15-19-14-22-19)20(13-18)17-9-5-2-6-10-17/h1-13,19H,14-15H2. The molecule has 0 aromatic heterocycles. The van der Waals surface area contributed by atoms with E-state index in [-0.39, 0.29) is 6.10 Å². The summed E-state index contributed by atoms with van der Waals surface area (Å²) in [5.74, 6) is 0.909. The first-order valence-corrected chi connectivity index (χ1v) is 7.89. The molecular formula is C21H18O2. The van der Waals surface area contributed by atoms with Gasteiger partial charge < -0.3 is 9.47 Å². The van der Waals surface area contributed by atoms with E-state index in [1.54, 1.807) is 0 Å². The van der Waals surface area contributed by atoms with Crippen molar-refractivity contribution in [1.82, 2.24) is 0 Å². The van der Waals surface area contributed by atoms with Crippen molar-refractivity contribution < 1.29 is 9.47 Å². The maximum atomic E-state index is 5.98. The molecule has 4 rings (SSSR count). The van der Waals surface area contributed by atoms with Gasteiger partial charge in [0.25, 0.3) is 0 Å². The molecule has 2 heteroatoms. The van der Waals surface area contributed by atoms with Crippen molar-refractivity contribution in [2.75, 3.05) is 13.2 Å². The lowest BCUT2D eigenvalue weighted by Gasteiger charge is -2.13. The fourth-order valence-electron chi connectivity index (χ4n) is 2.66. The molecule has 1 heterocycles. The van der Waals surface area contributed by atoms with E-state index in [0.717, 1.165) is 23.5 Å². The van der Waals surface area contributed by atoms with Crippen molar-refractivity contribution in [3.63, 3.8) is 0 Å². The Kier molecular flexibility index (Phi) is 3.83. The van der Waals surface area contributed by atoms with Crippen LogP contribution in [0.15, 0.2) is 78.9 Å². The second-order valence-corrected chi connectivity index (χ2v) is 5.71. The molecular weight excluding hydrogens is 284 g/mol. The highest BCUT2D eigenvalue weighted by molar-refractivity contribution is 5.77. The number of benzene rings is 3. The van der Waals surface area contributed by atoms with Crippen molar-refractivity contribution in [2.45, 2.75) is 6.10 Å². The van der Waals surface area contributed by atoms with Gasteiger partial charge in [-0.3, -0.25) is 0 Å². The van der Waals surface area contributed by atoms with Crippen LogP contribution in [0.4, 0.5) is 0 Å². The first kappa shape index (κ1) is 14.0.